The first kappa shape index (κ1) is 7.54. The monoisotopic (exact) mass is 176 g/mol. The lowest BCUT2D eigenvalue weighted by molar-refractivity contribution is 0.168. The molecule has 2 aliphatic carbocycles. The zero-order valence-corrected chi connectivity index (χ0v) is 7.76. The minimum atomic E-state index is -0.969. The third kappa shape index (κ3) is 0.756. The van der Waals surface area contributed by atoms with E-state index >= 15 is 0 Å². The van der Waals surface area contributed by atoms with E-state index in [1.807, 2.05) is 12.1 Å². The SMILES string of the molecule is CC1(F)C2CCC1c1ccccc12. The van der Waals surface area contributed by atoms with Crippen molar-refractivity contribution in [3.8, 4) is 0 Å². The highest BCUT2D eigenvalue weighted by atomic mass is 19.1. The standard InChI is InChI=1S/C12H13F/c1-12(13)10-6-7-11(12)9-5-3-2-4-8(9)10/h2-5,10-11H,6-7H2,1H3. The molecule has 0 radical (unpaired) electrons. The zero-order chi connectivity index (χ0) is 9.05. The summed E-state index contributed by atoms with van der Waals surface area (Å²) >= 11 is 0. The summed E-state index contributed by atoms with van der Waals surface area (Å²) in [5, 5.41) is 0. The van der Waals surface area contributed by atoms with Crippen molar-refractivity contribution in [2.24, 2.45) is 0 Å². The Labute approximate surface area is 77.8 Å². The molecule has 2 aliphatic rings. The summed E-state index contributed by atoms with van der Waals surface area (Å²) in [6.07, 6.45) is 2.07. The second-order valence-electron chi connectivity index (χ2n) is 4.46. The molecule has 0 amide bonds. The van der Waals surface area contributed by atoms with Gasteiger partial charge in [-0.2, -0.15) is 0 Å². The van der Waals surface area contributed by atoms with E-state index in [1.54, 1.807) is 6.92 Å². The zero-order valence-electron chi connectivity index (χ0n) is 7.76. The predicted molar refractivity (Wildman–Crippen MR) is 50.7 cm³/mol. The fourth-order valence-corrected chi connectivity index (χ4v) is 3.21. The van der Waals surface area contributed by atoms with Crippen LogP contribution < -0.4 is 0 Å². The molecule has 1 aromatic rings. The molecule has 0 nitrogen and oxygen atoms in total. The van der Waals surface area contributed by atoms with Crippen LogP contribution in [-0.2, 0) is 0 Å². The molecule has 2 atom stereocenters. The molecule has 2 bridgehead atoms. The topological polar surface area (TPSA) is 0 Å². The van der Waals surface area contributed by atoms with E-state index in [-0.39, 0.29) is 11.8 Å². The van der Waals surface area contributed by atoms with Crippen molar-refractivity contribution >= 4 is 0 Å². The van der Waals surface area contributed by atoms with Crippen molar-refractivity contribution in [2.75, 3.05) is 0 Å². The third-order valence-corrected chi connectivity index (χ3v) is 3.85. The molecule has 68 valence electrons. The number of alkyl halides is 1. The lowest BCUT2D eigenvalue weighted by Crippen LogP contribution is -2.20. The number of hydrogen-bond acceptors (Lipinski definition) is 0. The smallest absolute Gasteiger partial charge is 0.121 e. The lowest BCUT2D eigenvalue weighted by Gasteiger charge is -2.18. The van der Waals surface area contributed by atoms with E-state index in [0.29, 0.717) is 0 Å². The minimum absolute atomic E-state index is 0.175. The van der Waals surface area contributed by atoms with E-state index in [2.05, 4.69) is 12.1 Å². The van der Waals surface area contributed by atoms with Crippen LogP contribution in [0.5, 0.6) is 0 Å². The Hall–Kier alpha value is -0.850. The third-order valence-electron chi connectivity index (χ3n) is 3.85. The van der Waals surface area contributed by atoms with Gasteiger partial charge in [0.15, 0.2) is 0 Å². The van der Waals surface area contributed by atoms with Crippen molar-refractivity contribution < 1.29 is 4.39 Å². The van der Waals surface area contributed by atoms with Crippen molar-refractivity contribution in [1.82, 2.24) is 0 Å². The fraction of sp³-hybridized carbons (Fsp3) is 0.500. The van der Waals surface area contributed by atoms with Crippen LogP contribution in [0.4, 0.5) is 4.39 Å². The maximum Gasteiger partial charge on any atom is 0.121 e. The van der Waals surface area contributed by atoms with Crippen molar-refractivity contribution in [1.29, 1.82) is 0 Å². The first-order valence-corrected chi connectivity index (χ1v) is 4.99. The highest BCUT2D eigenvalue weighted by Crippen LogP contribution is 2.61. The Balaban J connectivity index is 2.23. The predicted octanol–water partition coefficient (Wildman–Crippen LogP) is 3.39. The van der Waals surface area contributed by atoms with Gasteiger partial charge < -0.3 is 0 Å². The van der Waals surface area contributed by atoms with Gasteiger partial charge in [-0.25, -0.2) is 4.39 Å². The van der Waals surface area contributed by atoms with E-state index in [4.69, 9.17) is 0 Å². The summed E-state index contributed by atoms with van der Waals surface area (Å²) in [6, 6.07) is 8.24. The van der Waals surface area contributed by atoms with E-state index < -0.39 is 5.67 Å². The second-order valence-corrected chi connectivity index (χ2v) is 4.46. The average molecular weight is 176 g/mol. The highest BCUT2D eigenvalue weighted by Gasteiger charge is 2.54. The van der Waals surface area contributed by atoms with Crippen molar-refractivity contribution in [3.05, 3.63) is 35.4 Å². The average Bonchev–Trinajstić information content (AvgIpc) is 2.54. The van der Waals surface area contributed by atoms with Gasteiger partial charge in [-0.05, 0) is 30.9 Å². The number of hydrogen-bond donors (Lipinski definition) is 0. The van der Waals surface area contributed by atoms with Crippen molar-refractivity contribution in [2.45, 2.75) is 37.3 Å². The van der Waals surface area contributed by atoms with Gasteiger partial charge in [0.2, 0.25) is 0 Å². The number of benzene rings is 1. The molecule has 0 heterocycles. The van der Waals surface area contributed by atoms with Crippen LogP contribution in [-0.4, -0.2) is 5.67 Å². The maximum atomic E-state index is 14.3. The maximum absolute atomic E-state index is 14.3. The summed E-state index contributed by atoms with van der Waals surface area (Å²) in [5.74, 6) is 0.349. The largest absolute Gasteiger partial charge is 0.243 e. The molecule has 13 heavy (non-hydrogen) atoms. The molecule has 0 N–H and O–H groups in total. The molecular weight excluding hydrogens is 163 g/mol. The van der Waals surface area contributed by atoms with Crippen LogP contribution >= 0.6 is 0 Å². The van der Waals surface area contributed by atoms with Gasteiger partial charge in [-0.3, -0.25) is 0 Å². The van der Waals surface area contributed by atoms with E-state index in [1.165, 1.54) is 11.1 Å². The number of rotatable bonds is 0. The second kappa shape index (κ2) is 2.14. The molecule has 0 spiro atoms. The van der Waals surface area contributed by atoms with Crippen molar-refractivity contribution in [3.63, 3.8) is 0 Å². The van der Waals surface area contributed by atoms with Gasteiger partial charge in [0, 0.05) is 11.8 Å². The van der Waals surface area contributed by atoms with E-state index in [0.717, 1.165) is 12.8 Å². The molecule has 1 aromatic carbocycles. The number of fused-ring (bicyclic) bond motifs is 5. The molecule has 2 unspecified atom stereocenters. The molecule has 1 saturated carbocycles. The number of halogens is 1. The quantitative estimate of drug-likeness (QED) is 0.568. The first-order valence-electron chi connectivity index (χ1n) is 4.99. The first-order chi connectivity index (χ1) is 6.21. The fourth-order valence-electron chi connectivity index (χ4n) is 3.21. The summed E-state index contributed by atoms with van der Waals surface area (Å²) in [5.41, 5.74) is 1.57. The van der Waals surface area contributed by atoms with Crippen LogP contribution in [0.2, 0.25) is 0 Å². The Kier molecular flexibility index (Phi) is 1.24. The summed E-state index contributed by atoms with van der Waals surface area (Å²) < 4.78 is 14.3. The Morgan fingerprint density at radius 1 is 1.15 bits per heavy atom. The Bertz CT molecular complexity index is 321. The molecule has 0 aliphatic heterocycles. The summed E-state index contributed by atoms with van der Waals surface area (Å²) in [4.78, 5) is 0. The minimum Gasteiger partial charge on any atom is -0.243 e. The molecule has 1 heteroatoms. The van der Waals surface area contributed by atoms with Gasteiger partial charge in [-0.15, -0.1) is 0 Å². The summed E-state index contributed by atoms with van der Waals surface area (Å²) in [6.45, 7) is 1.77. The molecular formula is C12H13F. The van der Waals surface area contributed by atoms with Crippen LogP contribution in [0.25, 0.3) is 0 Å². The van der Waals surface area contributed by atoms with Gasteiger partial charge in [0.25, 0.3) is 0 Å². The van der Waals surface area contributed by atoms with Crippen LogP contribution in [0.1, 0.15) is 42.7 Å². The molecule has 0 saturated heterocycles. The molecule has 3 rings (SSSR count). The molecule has 0 aromatic heterocycles. The highest BCUT2D eigenvalue weighted by molar-refractivity contribution is 5.46. The summed E-state index contributed by atoms with van der Waals surface area (Å²) in [7, 11) is 0. The van der Waals surface area contributed by atoms with Crippen LogP contribution in [0, 0.1) is 0 Å². The lowest BCUT2D eigenvalue weighted by atomic mass is 9.92. The van der Waals surface area contributed by atoms with Crippen LogP contribution in [0.15, 0.2) is 24.3 Å². The van der Waals surface area contributed by atoms with Gasteiger partial charge in [0.1, 0.15) is 5.67 Å². The van der Waals surface area contributed by atoms with Gasteiger partial charge in [-0.1, -0.05) is 24.3 Å². The van der Waals surface area contributed by atoms with Gasteiger partial charge in [0.05, 0.1) is 0 Å². The Morgan fingerprint density at radius 3 is 2.08 bits per heavy atom. The molecule has 1 fully saturated rings. The van der Waals surface area contributed by atoms with Gasteiger partial charge >= 0.3 is 0 Å². The normalized spacial score (nSPS) is 40.8. The van der Waals surface area contributed by atoms with E-state index in [9.17, 15) is 4.39 Å². The van der Waals surface area contributed by atoms with Crippen LogP contribution in [0.3, 0.4) is 0 Å². The Morgan fingerprint density at radius 2 is 1.62 bits per heavy atom.